The van der Waals surface area contributed by atoms with Crippen molar-refractivity contribution in [1.29, 1.82) is 5.26 Å². The molecule has 8 heteroatoms. The second-order valence-electron chi connectivity index (χ2n) is 10.5. The maximum absolute atomic E-state index is 11.3. The summed E-state index contributed by atoms with van der Waals surface area (Å²) >= 11 is 0. The lowest BCUT2D eigenvalue weighted by Crippen LogP contribution is -2.35. The number of nitrogen functional groups attached to an aromatic ring is 1. The Morgan fingerprint density at radius 3 is 1.43 bits per heavy atom. The van der Waals surface area contributed by atoms with E-state index in [4.69, 9.17) is 5.73 Å². The lowest BCUT2D eigenvalue weighted by atomic mass is 9.62. The fraction of sp³-hybridized carbons (Fsp3) is 0.406. The van der Waals surface area contributed by atoms with Gasteiger partial charge in [0.25, 0.3) is 0 Å². The molecule has 7 atom stereocenters. The highest BCUT2D eigenvalue weighted by Crippen LogP contribution is 2.52. The van der Waals surface area contributed by atoms with Crippen LogP contribution in [0.25, 0.3) is 0 Å². The SMILES string of the molecule is CC(O)c1cccc(C(C#N)(c2ccccc2)c2c(C(C)O)c(C(C)O)c(N)c(C(C)O)c2C(C)O)c1C(C)O. The van der Waals surface area contributed by atoms with E-state index in [2.05, 4.69) is 6.07 Å². The van der Waals surface area contributed by atoms with Gasteiger partial charge < -0.3 is 36.4 Å². The number of benzene rings is 3. The molecule has 7 unspecified atom stereocenters. The molecule has 8 nitrogen and oxygen atoms in total. The zero-order valence-corrected chi connectivity index (χ0v) is 23.8. The molecule has 8 N–H and O–H groups in total. The van der Waals surface area contributed by atoms with Gasteiger partial charge in [0.05, 0.1) is 42.7 Å². The molecule has 0 aromatic heterocycles. The summed E-state index contributed by atoms with van der Waals surface area (Å²) < 4.78 is 0. The normalized spacial score (nSPS) is 17.7. The summed E-state index contributed by atoms with van der Waals surface area (Å²) in [5.74, 6) is 0. The molecule has 40 heavy (non-hydrogen) atoms. The van der Waals surface area contributed by atoms with E-state index in [-0.39, 0.29) is 33.5 Å². The summed E-state index contributed by atoms with van der Waals surface area (Å²) in [4.78, 5) is 0. The molecule has 0 amide bonds. The van der Waals surface area contributed by atoms with Crippen molar-refractivity contribution in [3.8, 4) is 6.07 Å². The molecule has 3 rings (SSSR count). The van der Waals surface area contributed by atoms with Crippen molar-refractivity contribution in [3.05, 3.63) is 98.6 Å². The summed E-state index contributed by atoms with van der Waals surface area (Å²) in [5.41, 5.74) is 6.90. The minimum atomic E-state index is -1.81. The average Bonchev–Trinajstić information content (AvgIpc) is 2.88. The Hall–Kier alpha value is -3.29. The van der Waals surface area contributed by atoms with Gasteiger partial charge >= 0.3 is 0 Å². The molecule has 0 aliphatic rings. The van der Waals surface area contributed by atoms with E-state index in [0.717, 1.165) is 0 Å². The van der Waals surface area contributed by atoms with Crippen LogP contribution in [0.1, 0.15) is 128 Å². The lowest BCUT2D eigenvalue weighted by Gasteiger charge is -2.39. The van der Waals surface area contributed by atoms with E-state index in [9.17, 15) is 35.9 Å². The first-order valence-electron chi connectivity index (χ1n) is 13.4. The third-order valence-corrected chi connectivity index (χ3v) is 7.53. The first-order chi connectivity index (χ1) is 18.7. The molecule has 3 aromatic carbocycles. The Labute approximate surface area is 235 Å². The summed E-state index contributed by atoms with van der Waals surface area (Å²) in [6.45, 7) is 9.00. The van der Waals surface area contributed by atoms with Crippen LogP contribution < -0.4 is 5.73 Å². The van der Waals surface area contributed by atoms with Crippen LogP contribution in [0, 0.1) is 11.3 Å². The van der Waals surface area contributed by atoms with Crippen molar-refractivity contribution < 1.29 is 30.6 Å². The predicted molar refractivity (Wildman–Crippen MR) is 153 cm³/mol. The van der Waals surface area contributed by atoms with Gasteiger partial charge in [0.2, 0.25) is 0 Å². The quantitative estimate of drug-likeness (QED) is 0.152. The highest BCUT2D eigenvalue weighted by molar-refractivity contribution is 5.73. The van der Waals surface area contributed by atoms with Crippen molar-refractivity contribution in [2.24, 2.45) is 0 Å². The Bertz CT molecular complexity index is 1350. The van der Waals surface area contributed by atoms with Gasteiger partial charge in [0, 0.05) is 16.8 Å². The van der Waals surface area contributed by atoms with Crippen molar-refractivity contribution in [1.82, 2.24) is 0 Å². The summed E-state index contributed by atoms with van der Waals surface area (Å²) in [6, 6.07) is 16.2. The number of rotatable bonds is 9. The Kier molecular flexibility index (Phi) is 9.42. The van der Waals surface area contributed by atoms with Crippen LogP contribution >= 0.6 is 0 Å². The zero-order valence-electron chi connectivity index (χ0n) is 23.8. The third kappa shape index (κ3) is 5.13. The second kappa shape index (κ2) is 12.1. The molecule has 0 heterocycles. The van der Waals surface area contributed by atoms with Crippen LogP contribution in [0.15, 0.2) is 48.5 Å². The molecule has 0 aliphatic carbocycles. The Morgan fingerprint density at radius 2 is 1.05 bits per heavy atom. The standard InChI is InChI=1S/C32H40N2O6/c1-16(35)23-13-10-14-24(25(23)17(2)36)32(15-33,22-11-8-7-9-12-22)30-26(18(3)37)28(20(5)39)31(34)29(21(6)40)27(30)19(4)38/h7-14,16-21,35-40H,34H2,1-6H3. The van der Waals surface area contributed by atoms with Gasteiger partial charge in [-0.2, -0.15) is 5.26 Å². The smallest absolute Gasteiger partial charge is 0.133 e. The molecule has 0 radical (unpaired) electrons. The monoisotopic (exact) mass is 548 g/mol. The molecule has 0 aliphatic heterocycles. The van der Waals surface area contributed by atoms with E-state index in [1.807, 2.05) is 0 Å². The van der Waals surface area contributed by atoms with Gasteiger partial charge in [-0.3, -0.25) is 0 Å². The van der Waals surface area contributed by atoms with E-state index < -0.39 is 42.0 Å². The second-order valence-corrected chi connectivity index (χ2v) is 10.5. The summed E-state index contributed by atoms with van der Waals surface area (Å²) in [7, 11) is 0. The maximum atomic E-state index is 11.3. The number of anilines is 1. The topological polar surface area (TPSA) is 171 Å². The van der Waals surface area contributed by atoms with Crippen LogP contribution in [0.2, 0.25) is 0 Å². The molecule has 0 saturated heterocycles. The van der Waals surface area contributed by atoms with Gasteiger partial charge in [-0.05, 0) is 80.5 Å². The maximum Gasteiger partial charge on any atom is 0.133 e. The van der Waals surface area contributed by atoms with E-state index in [0.29, 0.717) is 22.3 Å². The largest absolute Gasteiger partial charge is 0.398 e. The molecule has 0 spiro atoms. The highest BCUT2D eigenvalue weighted by Gasteiger charge is 2.46. The minimum Gasteiger partial charge on any atom is -0.398 e. The third-order valence-electron chi connectivity index (χ3n) is 7.53. The first kappa shape index (κ1) is 31.2. The predicted octanol–water partition coefficient (Wildman–Crippen LogP) is 4.45. The molecular formula is C32H40N2O6. The lowest BCUT2D eigenvalue weighted by molar-refractivity contribution is 0.163. The Balaban J connectivity index is 2.86. The summed E-state index contributed by atoms with van der Waals surface area (Å²) in [5, 5.41) is 77.4. The van der Waals surface area contributed by atoms with Crippen molar-refractivity contribution in [2.45, 2.75) is 83.6 Å². The number of nitrogens with zero attached hydrogens (tertiary/aromatic N) is 1. The van der Waals surface area contributed by atoms with Crippen LogP contribution in [0.5, 0.6) is 0 Å². The number of hydrogen-bond donors (Lipinski definition) is 7. The minimum absolute atomic E-state index is 0.00827. The zero-order chi connectivity index (χ0) is 30.1. The molecular weight excluding hydrogens is 508 g/mol. The molecule has 0 fully saturated rings. The number of aliphatic hydroxyl groups excluding tert-OH is 6. The van der Waals surface area contributed by atoms with Crippen LogP contribution in [0.3, 0.4) is 0 Å². The van der Waals surface area contributed by atoms with Gasteiger partial charge in [0.1, 0.15) is 5.41 Å². The van der Waals surface area contributed by atoms with Crippen LogP contribution in [-0.2, 0) is 5.41 Å². The summed E-state index contributed by atoms with van der Waals surface area (Å²) in [6.07, 6.45) is -7.07. The van der Waals surface area contributed by atoms with Gasteiger partial charge in [-0.1, -0.05) is 48.5 Å². The number of nitriles is 1. The fourth-order valence-electron chi connectivity index (χ4n) is 6.07. The fourth-order valence-corrected chi connectivity index (χ4v) is 6.07. The van der Waals surface area contributed by atoms with E-state index in [1.165, 1.54) is 34.6 Å². The van der Waals surface area contributed by atoms with Crippen molar-refractivity contribution in [3.63, 3.8) is 0 Å². The van der Waals surface area contributed by atoms with Crippen molar-refractivity contribution >= 4 is 5.69 Å². The number of hydrogen-bond acceptors (Lipinski definition) is 8. The van der Waals surface area contributed by atoms with E-state index in [1.54, 1.807) is 55.5 Å². The van der Waals surface area contributed by atoms with Crippen molar-refractivity contribution in [2.75, 3.05) is 5.73 Å². The Morgan fingerprint density at radius 1 is 0.600 bits per heavy atom. The molecule has 0 saturated carbocycles. The number of nitrogens with two attached hydrogens (primary N) is 1. The molecule has 0 bridgehead atoms. The average molecular weight is 549 g/mol. The van der Waals surface area contributed by atoms with Gasteiger partial charge in [-0.15, -0.1) is 0 Å². The van der Waals surface area contributed by atoms with Crippen LogP contribution in [0.4, 0.5) is 5.69 Å². The van der Waals surface area contributed by atoms with Crippen LogP contribution in [-0.4, -0.2) is 30.6 Å². The molecule has 3 aromatic rings. The highest BCUT2D eigenvalue weighted by atomic mass is 16.3. The number of aliphatic hydroxyl groups is 6. The van der Waals surface area contributed by atoms with Gasteiger partial charge in [-0.25, -0.2) is 0 Å². The van der Waals surface area contributed by atoms with Gasteiger partial charge in [0.15, 0.2) is 0 Å². The first-order valence-corrected chi connectivity index (χ1v) is 13.4. The molecule has 214 valence electrons. The van der Waals surface area contributed by atoms with E-state index >= 15 is 0 Å².